The summed E-state index contributed by atoms with van der Waals surface area (Å²) in [5.41, 5.74) is 1.38. The van der Waals surface area contributed by atoms with Crippen molar-refractivity contribution in [1.82, 2.24) is 14.8 Å². The van der Waals surface area contributed by atoms with Crippen molar-refractivity contribution >= 4 is 35.0 Å². The molecule has 1 spiro atoms. The molecule has 2 saturated heterocycles. The molecule has 192 valence electrons. The Morgan fingerprint density at radius 2 is 1.70 bits per heavy atom. The smallest absolute Gasteiger partial charge is 0.253 e. The molecule has 7 nitrogen and oxygen atoms in total. The van der Waals surface area contributed by atoms with E-state index in [1.54, 1.807) is 55.6 Å². The summed E-state index contributed by atoms with van der Waals surface area (Å²) in [4.78, 5) is 34.1. The number of benzene rings is 2. The molecule has 2 aromatic carbocycles. The third-order valence-electron chi connectivity index (χ3n) is 6.97. The van der Waals surface area contributed by atoms with Crippen LogP contribution in [0.3, 0.4) is 0 Å². The van der Waals surface area contributed by atoms with Crippen LogP contribution in [0.4, 0.5) is 0 Å². The van der Waals surface area contributed by atoms with Gasteiger partial charge in [0.2, 0.25) is 11.8 Å². The van der Waals surface area contributed by atoms with E-state index in [0.717, 1.165) is 18.4 Å². The van der Waals surface area contributed by atoms with Gasteiger partial charge in [-0.05, 0) is 55.3 Å². The Kier molecular flexibility index (Phi) is 7.26. The van der Waals surface area contributed by atoms with Crippen LogP contribution in [-0.2, 0) is 11.2 Å². The molecule has 2 aliphatic heterocycles. The van der Waals surface area contributed by atoms with E-state index < -0.39 is 0 Å². The third-order valence-corrected chi connectivity index (χ3v) is 7.43. The summed E-state index contributed by atoms with van der Waals surface area (Å²) >= 11 is 11.9. The van der Waals surface area contributed by atoms with E-state index in [1.165, 1.54) is 6.20 Å². The lowest BCUT2D eigenvalue weighted by molar-refractivity contribution is -0.145. The van der Waals surface area contributed by atoms with Gasteiger partial charge in [0.25, 0.3) is 5.91 Å². The summed E-state index contributed by atoms with van der Waals surface area (Å²) in [5, 5.41) is 1.11. The molecule has 0 unspecified atom stereocenters. The molecule has 3 aromatic rings. The molecule has 2 aliphatic rings. The number of aromatic nitrogens is 1. The SMILES string of the molecule is COc1cc(Cl)ccc1CC(=O)N1CC2(CCCN(C(=O)c3ccc(Oc4ccc(Cl)cn4)cc3)C2)C1. The van der Waals surface area contributed by atoms with Gasteiger partial charge in [-0.3, -0.25) is 9.59 Å². The van der Waals surface area contributed by atoms with E-state index in [-0.39, 0.29) is 23.7 Å². The summed E-state index contributed by atoms with van der Waals surface area (Å²) in [6.07, 6.45) is 3.71. The quantitative estimate of drug-likeness (QED) is 0.413. The van der Waals surface area contributed by atoms with Crippen molar-refractivity contribution < 1.29 is 19.1 Å². The molecular weight excluding hydrogens is 513 g/mol. The van der Waals surface area contributed by atoms with Crippen molar-refractivity contribution in [1.29, 1.82) is 0 Å². The lowest BCUT2D eigenvalue weighted by atomic mass is 9.73. The lowest BCUT2D eigenvalue weighted by Crippen LogP contribution is -2.65. The standard InChI is InChI=1S/C28H27Cl2N3O4/c1-36-24-14-21(29)6-3-20(24)13-26(34)33-17-28(18-33)11-2-12-32(16-28)27(35)19-4-8-23(9-5-19)37-25-10-7-22(30)15-31-25/h3-10,14-15H,2,11-13,16-18H2,1H3. The van der Waals surface area contributed by atoms with Crippen LogP contribution in [0.25, 0.3) is 0 Å². The van der Waals surface area contributed by atoms with E-state index in [1.807, 2.05) is 15.9 Å². The molecule has 0 aliphatic carbocycles. The molecule has 9 heteroatoms. The van der Waals surface area contributed by atoms with Crippen LogP contribution >= 0.6 is 23.2 Å². The first-order valence-corrected chi connectivity index (χ1v) is 12.9. The maximum atomic E-state index is 13.2. The minimum atomic E-state index is -0.0447. The molecule has 37 heavy (non-hydrogen) atoms. The van der Waals surface area contributed by atoms with Crippen molar-refractivity contribution in [3.05, 3.63) is 82.0 Å². The van der Waals surface area contributed by atoms with E-state index in [0.29, 0.717) is 59.2 Å². The number of pyridine rings is 1. The number of hydrogen-bond acceptors (Lipinski definition) is 5. The van der Waals surface area contributed by atoms with Crippen LogP contribution in [-0.4, -0.2) is 59.9 Å². The zero-order chi connectivity index (χ0) is 26.0. The molecule has 1 aromatic heterocycles. The van der Waals surface area contributed by atoms with Gasteiger partial charge in [-0.2, -0.15) is 0 Å². The Hall–Kier alpha value is -3.29. The van der Waals surface area contributed by atoms with Gasteiger partial charge in [-0.15, -0.1) is 0 Å². The maximum Gasteiger partial charge on any atom is 0.253 e. The van der Waals surface area contributed by atoms with Gasteiger partial charge in [-0.25, -0.2) is 4.98 Å². The molecule has 0 atom stereocenters. The van der Waals surface area contributed by atoms with Crippen LogP contribution < -0.4 is 9.47 Å². The van der Waals surface area contributed by atoms with Crippen LogP contribution in [0.15, 0.2) is 60.8 Å². The summed E-state index contributed by atoms with van der Waals surface area (Å²) in [6.45, 7) is 2.68. The second-order valence-electron chi connectivity index (χ2n) is 9.65. The second-order valence-corrected chi connectivity index (χ2v) is 10.5. The predicted octanol–water partition coefficient (Wildman–Crippen LogP) is 5.50. The number of ether oxygens (including phenoxy) is 2. The Bertz CT molecular complexity index is 1290. The van der Waals surface area contributed by atoms with Crippen LogP contribution in [0, 0.1) is 5.41 Å². The Morgan fingerprint density at radius 1 is 0.973 bits per heavy atom. The average Bonchev–Trinajstić information content (AvgIpc) is 2.89. The summed E-state index contributed by atoms with van der Waals surface area (Å²) in [7, 11) is 1.57. The molecule has 3 heterocycles. The zero-order valence-electron chi connectivity index (χ0n) is 20.5. The van der Waals surface area contributed by atoms with Gasteiger partial charge in [-0.1, -0.05) is 29.3 Å². The highest BCUT2D eigenvalue weighted by atomic mass is 35.5. The lowest BCUT2D eigenvalue weighted by Gasteiger charge is -2.54. The van der Waals surface area contributed by atoms with E-state index in [9.17, 15) is 9.59 Å². The number of likely N-dealkylation sites (tertiary alicyclic amines) is 2. The molecule has 2 amide bonds. The van der Waals surface area contributed by atoms with Gasteiger partial charge < -0.3 is 19.3 Å². The molecule has 0 N–H and O–H groups in total. The molecular formula is C28H27Cl2N3O4. The fourth-order valence-corrected chi connectivity index (χ4v) is 5.38. The normalized spacial score (nSPS) is 16.3. The highest BCUT2D eigenvalue weighted by Gasteiger charge is 2.48. The highest BCUT2D eigenvalue weighted by Crippen LogP contribution is 2.40. The van der Waals surface area contributed by atoms with Crippen LogP contribution in [0.2, 0.25) is 10.0 Å². The topological polar surface area (TPSA) is 72.0 Å². The van der Waals surface area contributed by atoms with Crippen molar-refractivity contribution in [3.63, 3.8) is 0 Å². The van der Waals surface area contributed by atoms with E-state index >= 15 is 0 Å². The number of nitrogens with zero attached hydrogens (tertiary/aromatic N) is 3. The number of piperidine rings is 1. The highest BCUT2D eigenvalue weighted by molar-refractivity contribution is 6.30. The summed E-state index contributed by atoms with van der Waals surface area (Å²) < 4.78 is 11.1. The summed E-state index contributed by atoms with van der Waals surface area (Å²) in [5.74, 6) is 1.68. The first kappa shape index (κ1) is 25.4. The van der Waals surface area contributed by atoms with Crippen LogP contribution in [0.5, 0.6) is 17.4 Å². The number of halogens is 2. The van der Waals surface area contributed by atoms with Crippen LogP contribution in [0.1, 0.15) is 28.8 Å². The zero-order valence-corrected chi connectivity index (χ0v) is 22.0. The van der Waals surface area contributed by atoms with Crippen molar-refractivity contribution in [2.45, 2.75) is 19.3 Å². The van der Waals surface area contributed by atoms with Gasteiger partial charge in [0.05, 0.1) is 18.6 Å². The number of amides is 2. The Morgan fingerprint density at radius 3 is 2.41 bits per heavy atom. The molecule has 5 rings (SSSR count). The first-order valence-electron chi connectivity index (χ1n) is 12.1. The number of hydrogen-bond donors (Lipinski definition) is 0. The third kappa shape index (κ3) is 5.68. The first-order chi connectivity index (χ1) is 17.8. The van der Waals surface area contributed by atoms with E-state index in [2.05, 4.69) is 4.98 Å². The predicted molar refractivity (Wildman–Crippen MR) is 142 cm³/mol. The number of carbonyl (C=O) groups excluding carboxylic acids is 2. The van der Waals surface area contributed by atoms with Gasteiger partial charge in [0, 0.05) is 60.0 Å². The fourth-order valence-electron chi connectivity index (χ4n) is 5.11. The summed E-state index contributed by atoms with van der Waals surface area (Å²) in [6, 6.07) is 15.8. The fraction of sp³-hybridized carbons (Fsp3) is 0.321. The van der Waals surface area contributed by atoms with Gasteiger partial charge in [0.1, 0.15) is 11.5 Å². The van der Waals surface area contributed by atoms with Crippen molar-refractivity contribution in [2.75, 3.05) is 33.3 Å². The molecule has 2 fully saturated rings. The Labute approximate surface area is 225 Å². The van der Waals surface area contributed by atoms with E-state index in [4.69, 9.17) is 32.7 Å². The maximum absolute atomic E-state index is 13.2. The molecule has 0 radical (unpaired) electrons. The number of carbonyl (C=O) groups is 2. The van der Waals surface area contributed by atoms with Crippen molar-refractivity contribution in [2.24, 2.45) is 5.41 Å². The molecule has 0 bridgehead atoms. The monoisotopic (exact) mass is 539 g/mol. The largest absolute Gasteiger partial charge is 0.496 e. The minimum absolute atomic E-state index is 0.00841. The number of rotatable bonds is 6. The van der Waals surface area contributed by atoms with Gasteiger partial charge >= 0.3 is 0 Å². The second kappa shape index (κ2) is 10.6. The van der Waals surface area contributed by atoms with Gasteiger partial charge in [0.15, 0.2) is 0 Å². The molecule has 0 saturated carbocycles. The average molecular weight is 540 g/mol. The minimum Gasteiger partial charge on any atom is -0.496 e. The number of methoxy groups -OCH3 is 1. The Balaban J connectivity index is 1.17. The van der Waals surface area contributed by atoms with Crippen molar-refractivity contribution in [3.8, 4) is 17.4 Å².